The molecule has 0 saturated heterocycles. The molecule has 0 bridgehead atoms. The van der Waals surface area contributed by atoms with Crippen molar-refractivity contribution in [1.29, 1.82) is 0 Å². The molecule has 0 fully saturated rings. The normalized spacial score (nSPS) is 14.8. The van der Waals surface area contributed by atoms with Gasteiger partial charge in [0.2, 0.25) is 10.0 Å². The summed E-state index contributed by atoms with van der Waals surface area (Å²) in [6.45, 7) is 2.87. The number of benzene rings is 1. The molecule has 0 aliphatic carbocycles. The summed E-state index contributed by atoms with van der Waals surface area (Å²) >= 11 is 0. The minimum Gasteiger partial charge on any atom is -0.306 e. The van der Waals surface area contributed by atoms with Crippen molar-refractivity contribution in [1.82, 2.24) is 9.29 Å². The van der Waals surface area contributed by atoms with E-state index in [1.807, 2.05) is 0 Å². The third-order valence-corrected chi connectivity index (χ3v) is 6.65. The van der Waals surface area contributed by atoms with Crippen LogP contribution in [0, 0.1) is 5.82 Å². The minimum atomic E-state index is -4.60. The lowest BCUT2D eigenvalue weighted by atomic mass is 9.97. The first kappa shape index (κ1) is 24.5. The maximum atomic E-state index is 14.6. The Hall–Kier alpha value is -3.19. The number of anilines is 1. The number of fused-ring (bicyclic) bond motifs is 1. The predicted octanol–water partition coefficient (Wildman–Crippen LogP) is 3.15. The molecular formula is C20H19F4N5O3S. The molecule has 2 aromatic rings. The number of rotatable bonds is 7. The summed E-state index contributed by atoms with van der Waals surface area (Å²) in [6.07, 6.45) is -4.65. The smallest absolute Gasteiger partial charge is 0.306 e. The molecule has 13 heteroatoms. The molecule has 0 spiro atoms. The molecule has 0 saturated carbocycles. The fourth-order valence-electron chi connectivity index (χ4n) is 3.22. The second kappa shape index (κ2) is 9.75. The standard InChI is InChI=1S/C20H19F4N5O3S/c1-25-26-11-15-3-2-4-18(27-15)28-19(30)16-9-14-12-29(7-5-13(14)10-17(16)21)33(31,32)8-6-20(22,23)24/h2-4,9-11H,1,5-8,12H2,(H,27,28,30). The molecule has 0 atom stereocenters. The molecule has 33 heavy (non-hydrogen) atoms. The van der Waals surface area contributed by atoms with Gasteiger partial charge in [0.1, 0.15) is 11.6 Å². The van der Waals surface area contributed by atoms with Gasteiger partial charge in [0.15, 0.2) is 0 Å². The Labute approximate surface area is 187 Å². The zero-order chi connectivity index (χ0) is 24.2. The lowest BCUT2D eigenvalue weighted by molar-refractivity contribution is -0.130. The Morgan fingerprint density at radius 3 is 2.73 bits per heavy atom. The number of hydrogen-bond acceptors (Lipinski definition) is 6. The first-order valence-corrected chi connectivity index (χ1v) is 11.2. The fourth-order valence-corrected chi connectivity index (χ4v) is 4.67. The van der Waals surface area contributed by atoms with Crippen molar-refractivity contribution >= 4 is 34.7 Å². The van der Waals surface area contributed by atoms with Crippen LogP contribution in [-0.2, 0) is 23.0 Å². The van der Waals surface area contributed by atoms with E-state index in [4.69, 9.17) is 0 Å². The largest absolute Gasteiger partial charge is 0.390 e. The summed E-state index contributed by atoms with van der Waals surface area (Å²) in [4.78, 5) is 16.7. The number of nitrogens with one attached hydrogen (secondary N) is 1. The van der Waals surface area contributed by atoms with Crippen molar-refractivity contribution in [3.05, 3.63) is 58.5 Å². The van der Waals surface area contributed by atoms with E-state index in [0.717, 1.165) is 10.4 Å². The third kappa shape index (κ3) is 6.42. The Morgan fingerprint density at radius 1 is 1.27 bits per heavy atom. The van der Waals surface area contributed by atoms with E-state index in [0.29, 0.717) is 16.8 Å². The Balaban J connectivity index is 1.79. The van der Waals surface area contributed by atoms with E-state index in [-0.39, 0.29) is 30.9 Å². The summed E-state index contributed by atoms with van der Waals surface area (Å²) < 4.78 is 77.5. The van der Waals surface area contributed by atoms with Crippen LogP contribution in [0.1, 0.15) is 33.6 Å². The predicted molar refractivity (Wildman–Crippen MR) is 114 cm³/mol. The van der Waals surface area contributed by atoms with Gasteiger partial charge in [-0.25, -0.2) is 17.8 Å². The van der Waals surface area contributed by atoms with Crippen LogP contribution in [0.25, 0.3) is 0 Å². The van der Waals surface area contributed by atoms with Crippen LogP contribution in [-0.4, -0.2) is 55.0 Å². The maximum absolute atomic E-state index is 14.6. The van der Waals surface area contributed by atoms with Gasteiger partial charge in [0.05, 0.1) is 29.6 Å². The van der Waals surface area contributed by atoms with Crippen molar-refractivity contribution in [2.24, 2.45) is 10.2 Å². The van der Waals surface area contributed by atoms with Gasteiger partial charge in [-0.1, -0.05) is 6.07 Å². The number of sulfonamides is 1. The van der Waals surface area contributed by atoms with E-state index in [1.54, 1.807) is 12.1 Å². The Kier molecular flexibility index (Phi) is 7.22. The molecule has 1 N–H and O–H groups in total. The van der Waals surface area contributed by atoms with Crippen molar-refractivity contribution in [3.8, 4) is 0 Å². The van der Waals surface area contributed by atoms with Crippen molar-refractivity contribution in [3.63, 3.8) is 0 Å². The Bertz CT molecular complexity index is 1200. The van der Waals surface area contributed by atoms with Gasteiger partial charge in [-0.15, -0.1) is 0 Å². The topological polar surface area (TPSA) is 104 Å². The minimum absolute atomic E-state index is 0.0734. The van der Waals surface area contributed by atoms with Crippen LogP contribution < -0.4 is 5.32 Å². The van der Waals surface area contributed by atoms with Gasteiger partial charge in [-0.2, -0.15) is 27.7 Å². The zero-order valence-electron chi connectivity index (χ0n) is 17.1. The van der Waals surface area contributed by atoms with Gasteiger partial charge in [-0.3, -0.25) is 4.79 Å². The molecule has 1 aromatic heterocycles. The first-order chi connectivity index (χ1) is 15.5. The monoisotopic (exact) mass is 485 g/mol. The third-order valence-electron chi connectivity index (χ3n) is 4.83. The second-order valence-corrected chi connectivity index (χ2v) is 9.24. The maximum Gasteiger partial charge on any atom is 0.390 e. The fraction of sp³-hybridized carbons (Fsp3) is 0.300. The highest BCUT2D eigenvalue weighted by molar-refractivity contribution is 7.89. The van der Waals surface area contributed by atoms with E-state index >= 15 is 0 Å². The highest BCUT2D eigenvalue weighted by Crippen LogP contribution is 2.27. The molecule has 176 valence electrons. The summed E-state index contributed by atoms with van der Waals surface area (Å²) in [5.74, 6) is -2.60. The summed E-state index contributed by atoms with van der Waals surface area (Å²) in [7, 11) is -4.18. The summed E-state index contributed by atoms with van der Waals surface area (Å²) in [6, 6.07) is 6.99. The van der Waals surface area contributed by atoms with Crippen molar-refractivity contribution in [2.75, 3.05) is 17.6 Å². The highest BCUT2D eigenvalue weighted by Gasteiger charge is 2.34. The van der Waals surface area contributed by atoms with Gasteiger partial charge in [0, 0.05) is 19.8 Å². The number of nitrogens with zero attached hydrogens (tertiary/aromatic N) is 4. The van der Waals surface area contributed by atoms with Crippen LogP contribution in [0.4, 0.5) is 23.4 Å². The van der Waals surface area contributed by atoms with Crippen molar-refractivity contribution in [2.45, 2.75) is 25.6 Å². The molecule has 2 heterocycles. The number of alkyl halides is 3. The average Bonchev–Trinajstić information content (AvgIpc) is 2.75. The molecule has 3 rings (SSSR count). The molecule has 1 amide bonds. The van der Waals surface area contributed by atoms with E-state index < -0.39 is 40.1 Å². The number of carbonyl (C=O) groups excluding carboxylic acids is 1. The van der Waals surface area contributed by atoms with Crippen LogP contribution in [0.5, 0.6) is 0 Å². The number of carbonyl (C=O) groups is 1. The van der Waals surface area contributed by atoms with Crippen LogP contribution in [0.15, 0.2) is 40.5 Å². The van der Waals surface area contributed by atoms with Gasteiger partial charge >= 0.3 is 6.18 Å². The molecular weight excluding hydrogens is 466 g/mol. The van der Waals surface area contributed by atoms with Gasteiger partial charge in [-0.05, 0) is 41.8 Å². The van der Waals surface area contributed by atoms with E-state index in [2.05, 4.69) is 27.2 Å². The molecule has 1 aromatic carbocycles. The number of aromatic nitrogens is 1. The lowest BCUT2D eigenvalue weighted by Gasteiger charge is -2.28. The Morgan fingerprint density at radius 2 is 2.03 bits per heavy atom. The molecule has 1 aliphatic rings. The lowest BCUT2D eigenvalue weighted by Crippen LogP contribution is -2.38. The summed E-state index contributed by atoms with van der Waals surface area (Å²) in [5, 5.41) is 9.33. The first-order valence-electron chi connectivity index (χ1n) is 9.62. The van der Waals surface area contributed by atoms with Gasteiger partial charge < -0.3 is 5.32 Å². The molecule has 1 aliphatic heterocycles. The molecule has 0 radical (unpaired) electrons. The van der Waals surface area contributed by atoms with Gasteiger partial charge in [0.25, 0.3) is 5.91 Å². The number of hydrogen-bond donors (Lipinski definition) is 1. The summed E-state index contributed by atoms with van der Waals surface area (Å²) in [5.41, 5.74) is 0.844. The van der Waals surface area contributed by atoms with E-state index in [1.165, 1.54) is 18.3 Å². The number of amides is 1. The SMILES string of the molecule is C=NN=Cc1cccc(NC(=O)c2cc3c(cc2F)CCN(S(=O)(=O)CCC(F)(F)F)C3)n1. The number of pyridine rings is 1. The van der Waals surface area contributed by atoms with Crippen LogP contribution >= 0.6 is 0 Å². The van der Waals surface area contributed by atoms with Crippen molar-refractivity contribution < 1.29 is 30.8 Å². The molecule has 8 nitrogen and oxygen atoms in total. The zero-order valence-corrected chi connectivity index (χ0v) is 18.0. The quantitative estimate of drug-likeness (QED) is 0.370. The highest BCUT2D eigenvalue weighted by atomic mass is 32.2. The molecule has 0 unspecified atom stereocenters. The van der Waals surface area contributed by atoms with Crippen LogP contribution in [0.3, 0.4) is 0 Å². The van der Waals surface area contributed by atoms with E-state index in [9.17, 15) is 30.8 Å². The van der Waals surface area contributed by atoms with Crippen LogP contribution in [0.2, 0.25) is 0 Å². The number of halogens is 4. The second-order valence-electron chi connectivity index (χ2n) is 7.15. The average molecular weight is 485 g/mol.